The summed E-state index contributed by atoms with van der Waals surface area (Å²) in [5.74, 6) is 0.267. The van der Waals surface area contributed by atoms with Crippen LogP contribution in [0, 0.1) is 5.41 Å². The summed E-state index contributed by atoms with van der Waals surface area (Å²) in [5.41, 5.74) is 6.58. The van der Waals surface area contributed by atoms with Crippen LogP contribution in [0.25, 0.3) is 0 Å². The molecule has 0 heterocycles. The van der Waals surface area contributed by atoms with Crippen LogP contribution in [0.3, 0.4) is 0 Å². The van der Waals surface area contributed by atoms with Crippen molar-refractivity contribution < 1.29 is 5.21 Å². The first-order valence-corrected chi connectivity index (χ1v) is 7.13. The van der Waals surface area contributed by atoms with Gasteiger partial charge in [0.15, 0.2) is 0 Å². The van der Waals surface area contributed by atoms with Crippen molar-refractivity contribution in [3.63, 3.8) is 0 Å². The van der Waals surface area contributed by atoms with Crippen LogP contribution in [0.1, 0.15) is 38.8 Å². The molecule has 0 bridgehead atoms. The van der Waals surface area contributed by atoms with E-state index in [4.69, 9.17) is 10.9 Å². The number of hydrogen-bond donors (Lipinski definition) is 3. The van der Waals surface area contributed by atoms with Gasteiger partial charge in [-0.15, -0.1) is 0 Å². The van der Waals surface area contributed by atoms with Gasteiger partial charge >= 0.3 is 0 Å². The summed E-state index contributed by atoms with van der Waals surface area (Å²) in [6, 6.07) is 8.41. The molecule has 4 N–H and O–H groups in total. The maximum Gasteiger partial charge on any atom is 0.144 e. The highest BCUT2D eigenvalue weighted by atomic mass is 79.9. The third-order valence-electron chi connectivity index (χ3n) is 3.37. The van der Waals surface area contributed by atoms with Crippen LogP contribution in [0.2, 0.25) is 0 Å². The molecule has 0 saturated carbocycles. The van der Waals surface area contributed by atoms with Crippen LogP contribution in [0.4, 0.5) is 0 Å². The number of nitrogens with two attached hydrogens (primary N) is 1. The molecule has 0 aliphatic heterocycles. The number of rotatable bonds is 6. The van der Waals surface area contributed by atoms with E-state index in [1.165, 1.54) is 5.56 Å². The Morgan fingerprint density at radius 3 is 2.68 bits per heavy atom. The van der Waals surface area contributed by atoms with Gasteiger partial charge in [-0.25, -0.2) is 0 Å². The molecule has 1 aromatic rings. The fourth-order valence-electron chi connectivity index (χ4n) is 1.80. The third-order valence-corrected chi connectivity index (χ3v) is 4.10. The molecule has 0 saturated heterocycles. The fraction of sp³-hybridized carbons (Fsp3) is 0.500. The van der Waals surface area contributed by atoms with E-state index in [-0.39, 0.29) is 17.3 Å². The maximum absolute atomic E-state index is 8.73. The molecule has 0 aliphatic rings. The highest BCUT2D eigenvalue weighted by Gasteiger charge is 2.23. The minimum absolute atomic E-state index is 0.249. The normalized spacial score (nSPS) is 14.4. The molecule has 0 spiro atoms. The molecule has 19 heavy (non-hydrogen) atoms. The van der Waals surface area contributed by atoms with Crippen LogP contribution in [-0.4, -0.2) is 17.6 Å². The lowest BCUT2D eigenvalue weighted by molar-refractivity contribution is 0.304. The van der Waals surface area contributed by atoms with Crippen molar-refractivity contribution in [1.29, 1.82) is 0 Å². The zero-order valence-electron chi connectivity index (χ0n) is 11.7. The molecule has 5 heteroatoms. The summed E-state index contributed by atoms with van der Waals surface area (Å²) in [4.78, 5) is 0. The molecule has 0 amide bonds. The third kappa shape index (κ3) is 4.51. The molecule has 0 fully saturated rings. The Morgan fingerprint density at radius 2 is 2.11 bits per heavy atom. The van der Waals surface area contributed by atoms with Crippen molar-refractivity contribution in [1.82, 2.24) is 5.32 Å². The monoisotopic (exact) mass is 327 g/mol. The van der Waals surface area contributed by atoms with Crippen LogP contribution < -0.4 is 11.1 Å². The van der Waals surface area contributed by atoms with Gasteiger partial charge in [0.25, 0.3) is 0 Å². The lowest BCUT2D eigenvalue weighted by Crippen LogP contribution is -2.35. The van der Waals surface area contributed by atoms with Crippen molar-refractivity contribution in [2.45, 2.75) is 33.2 Å². The number of nitrogens with zero attached hydrogens (tertiary/aromatic N) is 1. The van der Waals surface area contributed by atoms with Crippen LogP contribution in [0.5, 0.6) is 0 Å². The minimum atomic E-state index is -0.310. The van der Waals surface area contributed by atoms with Crippen molar-refractivity contribution in [2.24, 2.45) is 16.3 Å². The van der Waals surface area contributed by atoms with Gasteiger partial charge in [-0.3, -0.25) is 0 Å². The highest BCUT2D eigenvalue weighted by molar-refractivity contribution is 9.10. The van der Waals surface area contributed by atoms with Crippen LogP contribution >= 0.6 is 15.9 Å². The first kappa shape index (κ1) is 16.0. The predicted molar refractivity (Wildman–Crippen MR) is 82.4 cm³/mol. The van der Waals surface area contributed by atoms with Crippen LogP contribution in [0.15, 0.2) is 33.9 Å². The summed E-state index contributed by atoms with van der Waals surface area (Å²) in [5, 5.41) is 15.3. The van der Waals surface area contributed by atoms with Gasteiger partial charge in [0.05, 0.1) is 0 Å². The number of oxime groups is 1. The first-order valence-electron chi connectivity index (χ1n) is 6.34. The van der Waals surface area contributed by atoms with Gasteiger partial charge in [-0.1, -0.05) is 53.1 Å². The number of benzene rings is 1. The minimum Gasteiger partial charge on any atom is -0.409 e. The summed E-state index contributed by atoms with van der Waals surface area (Å²) < 4.78 is 1.10. The summed E-state index contributed by atoms with van der Waals surface area (Å²) in [7, 11) is 0. The quantitative estimate of drug-likeness (QED) is 0.325. The standard InChI is InChI=1S/C14H22BrN3O/c1-10(11-6-4-5-7-12(11)15)17-9-8-14(2,3)13(16)18-19/h4-7,10,17,19H,8-9H2,1-3H3,(H2,16,18)/t10-/m0/s1. The second kappa shape index (κ2) is 6.91. The average molecular weight is 328 g/mol. The van der Waals surface area contributed by atoms with Gasteiger partial charge < -0.3 is 16.3 Å². The topological polar surface area (TPSA) is 70.6 Å². The van der Waals surface area contributed by atoms with Gasteiger partial charge in [0.2, 0.25) is 0 Å². The Bertz CT molecular complexity index is 446. The van der Waals surface area contributed by atoms with E-state index in [1.54, 1.807) is 0 Å². The van der Waals surface area contributed by atoms with Crippen molar-refractivity contribution in [3.05, 3.63) is 34.3 Å². The van der Waals surface area contributed by atoms with Crippen molar-refractivity contribution in [2.75, 3.05) is 6.54 Å². The molecule has 1 aromatic carbocycles. The second-order valence-corrected chi connectivity index (χ2v) is 6.17. The SMILES string of the molecule is C[C@H](NCCC(C)(C)/C(N)=N/O)c1ccccc1Br. The molecule has 1 rings (SSSR count). The number of hydrogen-bond acceptors (Lipinski definition) is 3. The Hall–Kier alpha value is -1.07. The van der Waals surface area contributed by atoms with E-state index in [9.17, 15) is 0 Å². The van der Waals surface area contributed by atoms with E-state index in [0.29, 0.717) is 0 Å². The molecule has 1 atom stereocenters. The maximum atomic E-state index is 8.73. The first-order chi connectivity index (χ1) is 8.88. The van der Waals surface area contributed by atoms with Crippen molar-refractivity contribution >= 4 is 21.8 Å². The Labute approximate surface area is 123 Å². The van der Waals surface area contributed by atoms with E-state index >= 15 is 0 Å². The summed E-state index contributed by atoms with van der Waals surface area (Å²) in [6.45, 7) is 6.85. The molecular weight excluding hydrogens is 306 g/mol. The van der Waals surface area contributed by atoms with Gasteiger partial charge in [0.1, 0.15) is 5.84 Å². The predicted octanol–water partition coefficient (Wildman–Crippen LogP) is 3.26. The van der Waals surface area contributed by atoms with Gasteiger partial charge in [-0.2, -0.15) is 0 Å². The van der Waals surface area contributed by atoms with Crippen molar-refractivity contribution in [3.8, 4) is 0 Å². The zero-order valence-corrected chi connectivity index (χ0v) is 13.2. The number of nitrogens with one attached hydrogen (secondary N) is 1. The number of amidine groups is 1. The Balaban J connectivity index is 2.52. The second-order valence-electron chi connectivity index (χ2n) is 5.32. The largest absolute Gasteiger partial charge is 0.409 e. The summed E-state index contributed by atoms with van der Waals surface area (Å²) in [6.07, 6.45) is 0.803. The fourth-order valence-corrected chi connectivity index (χ4v) is 2.43. The Morgan fingerprint density at radius 1 is 1.47 bits per heavy atom. The number of halogens is 1. The lowest BCUT2D eigenvalue weighted by atomic mass is 9.88. The molecule has 0 unspecified atom stereocenters. The van der Waals surface area contributed by atoms with E-state index in [1.807, 2.05) is 32.0 Å². The van der Waals surface area contributed by atoms with Gasteiger partial charge in [0, 0.05) is 15.9 Å². The molecule has 106 valence electrons. The van der Waals surface area contributed by atoms with Crippen LogP contribution in [-0.2, 0) is 0 Å². The van der Waals surface area contributed by atoms with E-state index in [0.717, 1.165) is 17.4 Å². The molecule has 4 nitrogen and oxygen atoms in total. The van der Waals surface area contributed by atoms with E-state index in [2.05, 4.69) is 39.4 Å². The smallest absolute Gasteiger partial charge is 0.144 e. The lowest BCUT2D eigenvalue weighted by Gasteiger charge is -2.24. The van der Waals surface area contributed by atoms with E-state index < -0.39 is 0 Å². The summed E-state index contributed by atoms with van der Waals surface area (Å²) >= 11 is 3.55. The zero-order chi connectivity index (χ0) is 14.5. The van der Waals surface area contributed by atoms with Gasteiger partial charge in [-0.05, 0) is 31.5 Å². The molecule has 0 aromatic heterocycles. The highest BCUT2D eigenvalue weighted by Crippen LogP contribution is 2.24. The molecule has 0 aliphatic carbocycles. The Kier molecular flexibility index (Phi) is 5.82. The average Bonchev–Trinajstić information content (AvgIpc) is 2.37. The molecule has 0 radical (unpaired) electrons. The molecular formula is C14H22BrN3O.